The molecule has 106 valence electrons. The summed E-state index contributed by atoms with van der Waals surface area (Å²) in [6.45, 7) is 1.66. The van der Waals surface area contributed by atoms with Gasteiger partial charge in [-0.1, -0.05) is 0 Å². The van der Waals surface area contributed by atoms with Gasteiger partial charge in [-0.15, -0.1) is 0 Å². The van der Waals surface area contributed by atoms with Crippen molar-refractivity contribution in [3.05, 3.63) is 46.6 Å². The highest BCUT2D eigenvalue weighted by Gasteiger charge is 2.31. The number of aryl methyl sites for hydroxylation is 1. The quantitative estimate of drug-likeness (QED) is 0.845. The third-order valence-corrected chi connectivity index (χ3v) is 3.94. The minimum Gasteiger partial charge on any atom is -0.457 e. The lowest BCUT2D eigenvalue weighted by molar-refractivity contribution is -0.00466. The standard InChI is InChI=1S/C14H15BrN2O3/c1-16-4-2-3-11(16)12-9-19-6-5-17(12)14(18)10-7-13(15)20-8-10/h2-4,7-8,12H,5-6,9H2,1H3. The third-order valence-electron chi connectivity index (χ3n) is 3.53. The second kappa shape index (κ2) is 5.46. The number of aromatic nitrogens is 1. The van der Waals surface area contributed by atoms with Gasteiger partial charge < -0.3 is 18.6 Å². The zero-order valence-electron chi connectivity index (χ0n) is 11.1. The number of hydrogen-bond acceptors (Lipinski definition) is 3. The van der Waals surface area contributed by atoms with Crippen LogP contribution in [0.4, 0.5) is 0 Å². The molecular weight excluding hydrogens is 324 g/mol. The molecular formula is C14H15BrN2O3. The van der Waals surface area contributed by atoms with E-state index < -0.39 is 0 Å². The van der Waals surface area contributed by atoms with Crippen LogP contribution in [0.25, 0.3) is 0 Å². The smallest absolute Gasteiger partial charge is 0.257 e. The van der Waals surface area contributed by atoms with Gasteiger partial charge in [-0.05, 0) is 28.1 Å². The van der Waals surface area contributed by atoms with E-state index in [0.29, 0.717) is 30.0 Å². The van der Waals surface area contributed by atoms with Gasteiger partial charge in [0.05, 0.1) is 24.8 Å². The molecule has 1 unspecified atom stereocenters. The number of hydrogen-bond donors (Lipinski definition) is 0. The predicted molar refractivity (Wildman–Crippen MR) is 76.4 cm³/mol. The zero-order chi connectivity index (χ0) is 14.1. The highest BCUT2D eigenvalue weighted by molar-refractivity contribution is 9.10. The van der Waals surface area contributed by atoms with Gasteiger partial charge in [0.1, 0.15) is 6.26 Å². The van der Waals surface area contributed by atoms with Crippen LogP contribution in [0.2, 0.25) is 0 Å². The van der Waals surface area contributed by atoms with E-state index >= 15 is 0 Å². The molecule has 1 saturated heterocycles. The van der Waals surface area contributed by atoms with Crippen LogP contribution in [0.3, 0.4) is 0 Å². The van der Waals surface area contributed by atoms with Crippen LogP contribution in [0.5, 0.6) is 0 Å². The molecule has 20 heavy (non-hydrogen) atoms. The number of morpholine rings is 1. The first-order valence-corrected chi connectivity index (χ1v) is 7.20. The summed E-state index contributed by atoms with van der Waals surface area (Å²) < 4.78 is 13.3. The van der Waals surface area contributed by atoms with E-state index in [0.717, 1.165) is 5.69 Å². The molecule has 3 heterocycles. The highest BCUT2D eigenvalue weighted by Crippen LogP contribution is 2.27. The second-order valence-corrected chi connectivity index (χ2v) is 5.55. The Hall–Kier alpha value is -1.53. The van der Waals surface area contributed by atoms with Gasteiger partial charge in [0.25, 0.3) is 5.91 Å². The normalized spacial score (nSPS) is 19.3. The predicted octanol–water partition coefficient (Wildman–Crippen LogP) is 2.59. The average molecular weight is 339 g/mol. The molecule has 0 N–H and O–H groups in total. The summed E-state index contributed by atoms with van der Waals surface area (Å²) in [4.78, 5) is 14.5. The number of halogens is 1. The monoisotopic (exact) mass is 338 g/mol. The molecule has 6 heteroatoms. The van der Waals surface area contributed by atoms with Crippen molar-refractivity contribution >= 4 is 21.8 Å². The molecule has 0 aromatic carbocycles. The first-order chi connectivity index (χ1) is 9.66. The van der Waals surface area contributed by atoms with E-state index in [9.17, 15) is 4.79 Å². The van der Waals surface area contributed by atoms with Gasteiger partial charge in [0.15, 0.2) is 4.67 Å². The molecule has 1 atom stereocenters. The first-order valence-electron chi connectivity index (χ1n) is 6.41. The molecule has 1 amide bonds. The van der Waals surface area contributed by atoms with E-state index in [1.807, 2.05) is 34.8 Å². The SMILES string of the molecule is Cn1cccc1C1COCCN1C(=O)c1coc(Br)c1. The molecule has 2 aromatic rings. The van der Waals surface area contributed by atoms with Crippen LogP contribution in [-0.2, 0) is 11.8 Å². The molecule has 1 aliphatic heterocycles. The summed E-state index contributed by atoms with van der Waals surface area (Å²) in [5, 5.41) is 0. The topological polar surface area (TPSA) is 47.6 Å². The Morgan fingerprint density at radius 1 is 1.50 bits per heavy atom. The number of rotatable bonds is 2. The average Bonchev–Trinajstić information content (AvgIpc) is 3.07. The Balaban J connectivity index is 1.89. The summed E-state index contributed by atoms with van der Waals surface area (Å²) in [6.07, 6.45) is 3.45. The molecule has 1 aliphatic rings. The number of carbonyl (C=O) groups excluding carboxylic acids is 1. The molecule has 2 aromatic heterocycles. The third kappa shape index (κ3) is 2.41. The lowest BCUT2D eigenvalue weighted by atomic mass is 10.1. The number of nitrogens with zero attached hydrogens (tertiary/aromatic N) is 2. The van der Waals surface area contributed by atoms with Crippen molar-refractivity contribution in [3.63, 3.8) is 0 Å². The van der Waals surface area contributed by atoms with Crippen molar-refractivity contribution in [1.29, 1.82) is 0 Å². The van der Waals surface area contributed by atoms with Gasteiger partial charge in [-0.3, -0.25) is 4.79 Å². The van der Waals surface area contributed by atoms with Crippen molar-refractivity contribution < 1.29 is 13.9 Å². The van der Waals surface area contributed by atoms with E-state index in [1.165, 1.54) is 6.26 Å². The minimum absolute atomic E-state index is 0.0334. The molecule has 1 fully saturated rings. The Morgan fingerprint density at radius 2 is 2.35 bits per heavy atom. The fraction of sp³-hybridized carbons (Fsp3) is 0.357. The van der Waals surface area contributed by atoms with Gasteiger partial charge in [0, 0.05) is 31.5 Å². The number of carbonyl (C=O) groups is 1. The van der Waals surface area contributed by atoms with E-state index in [-0.39, 0.29) is 11.9 Å². The van der Waals surface area contributed by atoms with Gasteiger partial charge >= 0.3 is 0 Å². The number of amides is 1. The molecule has 0 saturated carbocycles. The first kappa shape index (κ1) is 13.5. The largest absolute Gasteiger partial charge is 0.457 e. The van der Waals surface area contributed by atoms with Crippen molar-refractivity contribution in [2.75, 3.05) is 19.8 Å². The van der Waals surface area contributed by atoms with Crippen LogP contribution < -0.4 is 0 Å². The van der Waals surface area contributed by atoms with Crippen LogP contribution >= 0.6 is 15.9 Å². The van der Waals surface area contributed by atoms with E-state index in [2.05, 4.69) is 15.9 Å². The lowest BCUT2D eigenvalue weighted by Gasteiger charge is -2.35. The van der Waals surface area contributed by atoms with Crippen LogP contribution in [0.1, 0.15) is 22.1 Å². The van der Waals surface area contributed by atoms with Gasteiger partial charge in [-0.2, -0.15) is 0 Å². The van der Waals surface area contributed by atoms with Crippen LogP contribution in [0, 0.1) is 0 Å². The summed E-state index contributed by atoms with van der Waals surface area (Å²) in [5.41, 5.74) is 1.62. The summed E-state index contributed by atoms with van der Waals surface area (Å²) in [5.74, 6) is -0.0334. The molecule has 0 aliphatic carbocycles. The second-order valence-electron chi connectivity index (χ2n) is 4.77. The van der Waals surface area contributed by atoms with Gasteiger partial charge in [-0.25, -0.2) is 0 Å². The van der Waals surface area contributed by atoms with Crippen LogP contribution in [0.15, 0.2) is 39.7 Å². The fourth-order valence-electron chi connectivity index (χ4n) is 2.50. The molecule has 5 nitrogen and oxygen atoms in total. The molecule has 0 spiro atoms. The Bertz CT molecular complexity index is 619. The number of furan rings is 1. The van der Waals surface area contributed by atoms with Gasteiger partial charge in [0.2, 0.25) is 0 Å². The summed E-state index contributed by atoms with van der Waals surface area (Å²) in [6, 6.07) is 5.62. The fourth-order valence-corrected chi connectivity index (χ4v) is 2.84. The van der Waals surface area contributed by atoms with Crippen LogP contribution in [-0.4, -0.2) is 35.1 Å². The van der Waals surface area contributed by atoms with Crippen molar-refractivity contribution in [2.24, 2.45) is 7.05 Å². The molecule has 3 rings (SSSR count). The Morgan fingerprint density at radius 3 is 3.00 bits per heavy atom. The molecule has 0 radical (unpaired) electrons. The molecule has 0 bridgehead atoms. The highest BCUT2D eigenvalue weighted by atomic mass is 79.9. The summed E-state index contributed by atoms with van der Waals surface area (Å²) >= 11 is 3.22. The maximum Gasteiger partial charge on any atom is 0.257 e. The maximum atomic E-state index is 12.6. The lowest BCUT2D eigenvalue weighted by Crippen LogP contribution is -2.43. The Kier molecular flexibility index (Phi) is 3.67. The van der Waals surface area contributed by atoms with E-state index in [1.54, 1.807) is 6.07 Å². The van der Waals surface area contributed by atoms with E-state index in [4.69, 9.17) is 9.15 Å². The van der Waals surface area contributed by atoms with Crippen molar-refractivity contribution in [3.8, 4) is 0 Å². The van der Waals surface area contributed by atoms with Crippen molar-refractivity contribution in [1.82, 2.24) is 9.47 Å². The number of ether oxygens (including phenoxy) is 1. The summed E-state index contributed by atoms with van der Waals surface area (Å²) in [7, 11) is 1.97. The van der Waals surface area contributed by atoms with Crippen molar-refractivity contribution in [2.45, 2.75) is 6.04 Å². The minimum atomic E-state index is -0.0649. The zero-order valence-corrected chi connectivity index (χ0v) is 12.7. The Labute approximate surface area is 125 Å². The maximum absolute atomic E-state index is 12.6.